The standard InChI is InChI=1S/C11H13FN2OS/c12-9-3-1-2-4-10(9)13-11(15)14-5-7-16-8-6-14/h1-4H,5-8H2,(H,13,15). The Balaban J connectivity index is 1.99. The molecule has 86 valence electrons. The monoisotopic (exact) mass is 240 g/mol. The van der Waals surface area contributed by atoms with E-state index in [1.54, 1.807) is 23.1 Å². The normalized spacial score (nSPS) is 15.9. The van der Waals surface area contributed by atoms with Crippen LogP contribution in [-0.2, 0) is 0 Å². The van der Waals surface area contributed by atoms with Crippen molar-refractivity contribution in [3.63, 3.8) is 0 Å². The predicted octanol–water partition coefficient (Wildman–Crippen LogP) is 2.41. The van der Waals surface area contributed by atoms with Crippen molar-refractivity contribution in [3.8, 4) is 0 Å². The van der Waals surface area contributed by atoms with Gasteiger partial charge in [0.05, 0.1) is 5.69 Å². The molecule has 1 heterocycles. The van der Waals surface area contributed by atoms with E-state index in [4.69, 9.17) is 0 Å². The maximum absolute atomic E-state index is 13.3. The molecule has 2 rings (SSSR count). The van der Waals surface area contributed by atoms with Crippen molar-refractivity contribution in [1.82, 2.24) is 4.90 Å². The zero-order valence-corrected chi connectivity index (χ0v) is 9.60. The number of nitrogens with zero attached hydrogens (tertiary/aromatic N) is 1. The number of carbonyl (C=O) groups is 1. The first kappa shape index (κ1) is 11.3. The number of anilines is 1. The summed E-state index contributed by atoms with van der Waals surface area (Å²) < 4.78 is 13.3. The molecular weight excluding hydrogens is 227 g/mol. The molecule has 5 heteroatoms. The summed E-state index contributed by atoms with van der Waals surface area (Å²) in [6.45, 7) is 1.45. The third kappa shape index (κ3) is 2.66. The Labute approximate surface area is 98.0 Å². The van der Waals surface area contributed by atoms with Gasteiger partial charge in [0.1, 0.15) is 5.82 Å². The number of thioether (sulfide) groups is 1. The summed E-state index contributed by atoms with van der Waals surface area (Å²) in [6, 6.07) is 5.98. The molecule has 0 atom stereocenters. The molecule has 0 bridgehead atoms. The van der Waals surface area contributed by atoms with E-state index in [1.807, 2.05) is 11.8 Å². The number of nitrogens with one attached hydrogen (secondary N) is 1. The summed E-state index contributed by atoms with van der Waals surface area (Å²) in [5, 5.41) is 2.58. The maximum Gasteiger partial charge on any atom is 0.321 e. The highest BCUT2D eigenvalue weighted by Gasteiger charge is 2.17. The molecule has 1 aliphatic heterocycles. The molecule has 1 aromatic rings. The lowest BCUT2D eigenvalue weighted by Gasteiger charge is -2.26. The van der Waals surface area contributed by atoms with E-state index in [2.05, 4.69) is 5.32 Å². The van der Waals surface area contributed by atoms with E-state index in [1.165, 1.54) is 6.07 Å². The number of para-hydroxylation sites is 1. The lowest BCUT2D eigenvalue weighted by molar-refractivity contribution is 0.217. The zero-order chi connectivity index (χ0) is 11.4. The first-order chi connectivity index (χ1) is 7.77. The Morgan fingerprint density at radius 2 is 2.00 bits per heavy atom. The molecule has 3 nitrogen and oxygen atoms in total. The van der Waals surface area contributed by atoms with Crippen molar-refractivity contribution in [2.24, 2.45) is 0 Å². The van der Waals surface area contributed by atoms with Crippen molar-refractivity contribution in [1.29, 1.82) is 0 Å². The van der Waals surface area contributed by atoms with Gasteiger partial charge in [-0.3, -0.25) is 0 Å². The third-order valence-corrected chi connectivity index (χ3v) is 3.36. The second kappa shape index (κ2) is 5.21. The Hall–Kier alpha value is -1.23. The smallest absolute Gasteiger partial charge is 0.321 e. The number of hydrogen-bond donors (Lipinski definition) is 1. The van der Waals surface area contributed by atoms with Crippen LogP contribution >= 0.6 is 11.8 Å². The molecule has 0 aromatic heterocycles. The summed E-state index contributed by atoms with van der Waals surface area (Å²) in [6.07, 6.45) is 0. The van der Waals surface area contributed by atoms with Gasteiger partial charge in [0.15, 0.2) is 0 Å². The average Bonchev–Trinajstić information content (AvgIpc) is 2.33. The summed E-state index contributed by atoms with van der Waals surface area (Å²) in [5.74, 6) is 1.50. The number of hydrogen-bond acceptors (Lipinski definition) is 2. The number of rotatable bonds is 1. The maximum atomic E-state index is 13.3. The molecule has 16 heavy (non-hydrogen) atoms. The van der Waals surface area contributed by atoms with Crippen LogP contribution in [0.5, 0.6) is 0 Å². The fourth-order valence-corrected chi connectivity index (χ4v) is 2.43. The van der Waals surface area contributed by atoms with Crippen LogP contribution in [0, 0.1) is 5.82 Å². The molecule has 0 spiro atoms. The topological polar surface area (TPSA) is 32.3 Å². The highest BCUT2D eigenvalue weighted by Crippen LogP contribution is 2.15. The zero-order valence-electron chi connectivity index (χ0n) is 8.78. The van der Waals surface area contributed by atoms with E-state index in [0.717, 1.165) is 24.6 Å². The lowest BCUT2D eigenvalue weighted by atomic mass is 10.3. The molecule has 1 saturated heterocycles. The van der Waals surface area contributed by atoms with Crippen LogP contribution in [-0.4, -0.2) is 35.5 Å². The minimum Gasteiger partial charge on any atom is -0.323 e. The first-order valence-corrected chi connectivity index (χ1v) is 6.31. The van der Waals surface area contributed by atoms with Crippen molar-refractivity contribution in [3.05, 3.63) is 30.1 Å². The van der Waals surface area contributed by atoms with Crippen LogP contribution in [0.15, 0.2) is 24.3 Å². The van der Waals surface area contributed by atoms with E-state index in [0.29, 0.717) is 0 Å². The van der Waals surface area contributed by atoms with Crippen molar-refractivity contribution >= 4 is 23.5 Å². The van der Waals surface area contributed by atoms with Gasteiger partial charge in [-0.15, -0.1) is 0 Å². The molecule has 0 saturated carbocycles. The Morgan fingerprint density at radius 3 is 2.69 bits per heavy atom. The van der Waals surface area contributed by atoms with E-state index >= 15 is 0 Å². The van der Waals surface area contributed by atoms with Gasteiger partial charge in [-0.2, -0.15) is 11.8 Å². The molecule has 0 aliphatic carbocycles. The minimum atomic E-state index is -0.401. The van der Waals surface area contributed by atoms with Gasteiger partial charge in [0.2, 0.25) is 0 Å². The molecule has 0 radical (unpaired) electrons. The van der Waals surface area contributed by atoms with Gasteiger partial charge < -0.3 is 10.2 Å². The van der Waals surface area contributed by atoms with Gasteiger partial charge in [-0.1, -0.05) is 12.1 Å². The minimum absolute atomic E-state index is 0.217. The fourth-order valence-electron chi connectivity index (χ4n) is 1.52. The second-order valence-electron chi connectivity index (χ2n) is 3.51. The van der Waals surface area contributed by atoms with Gasteiger partial charge in [-0.05, 0) is 12.1 Å². The summed E-state index contributed by atoms with van der Waals surface area (Å²) in [7, 11) is 0. The van der Waals surface area contributed by atoms with Gasteiger partial charge in [0, 0.05) is 24.6 Å². The third-order valence-electron chi connectivity index (χ3n) is 2.41. The molecule has 1 fully saturated rings. The summed E-state index contributed by atoms with van der Waals surface area (Å²) in [5.41, 5.74) is 0.241. The molecule has 1 aliphatic rings. The number of urea groups is 1. The van der Waals surface area contributed by atoms with Crippen molar-refractivity contribution in [2.45, 2.75) is 0 Å². The van der Waals surface area contributed by atoms with Gasteiger partial charge in [0.25, 0.3) is 0 Å². The van der Waals surface area contributed by atoms with Crippen LogP contribution in [0.3, 0.4) is 0 Å². The second-order valence-corrected chi connectivity index (χ2v) is 4.73. The first-order valence-electron chi connectivity index (χ1n) is 5.15. The quantitative estimate of drug-likeness (QED) is 0.817. The van der Waals surface area contributed by atoms with E-state index in [9.17, 15) is 9.18 Å². The highest BCUT2D eigenvalue weighted by atomic mass is 32.2. The van der Waals surface area contributed by atoms with Crippen LogP contribution in [0.25, 0.3) is 0 Å². The summed E-state index contributed by atoms with van der Waals surface area (Å²) in [4.78, 5) is 13.5. The molecule has 2 amide bonds. The van der Waals surface area contributed by atoms with Crippen LogP contribution in [0.4, 0.5) is 14.9 Å². The van der Waals surface area contributed by atoms with E-state index in [-0.39, 0.29) is 11.7 Å². The average molecular weight is 240 g/mol. The fraction of sp³-hybridized carbons (Fsp3) is 0.364. The van der Waals surface area contributed by atoms with Gasteiger partial charge in [-0.25, -0.2) is 9.18 Å². The number of carbonyl (C=O) groups excluding carboxylic acids is 1. The largest absolute Gasteiger partial charge is 0.323 e. The number of halogens is 1. The molecular formula is C11H13FN2OS. The lowest BCUT2D eigenvalue weighted by Crippen LogP contribution is -2.40. The number of amides is 2. The van der Waals surface area contributed by atoms with E-state index < -0.39 is 5.82 Å². The summed E-state index contributed by atoms with van der Waals surface area (Å²) >= 11 is 1.83. The number of benzene rings is 1. The highest BCUT2D eigenvalue weighted by molar-refractivity contribution is 7.99. The van der Waals surface area contributed by atoms with Crippen LogP contribution in [0.1, 0.15) is 0 Å². The SMILES string of the molecule is O=C(Nc1ccccc1F)N1CCSCC1. The Bertz CT molecular complexity index is 380. The van der Waals surface area contributed by atoms with Crippen molar-refractivity contribution in [2.75, 3.05) is 29.9 Å². The van der Waals surface area contributed by atoms with Gasteiger partial charge >= 0.3 is 6.03 Å². The Kier molecular flexibility index (Phi) is 3.66. The molecule has 1 aromatic carbocycles. The predicted molar refractivity (Wildman–Crippen MR) is 64.3 cm³/mol. The Morgan fingerprint density at radius 1 is 1.31 bits per heavy atom. The van der Waals surface area contributed by atoms with Crippen LogP contribution in [0.2, 0.25) is 0 Å². The molecule has 0 unspecified atom stereocenters. The van der Waals surface area contributed by atoms with Crippen LogP contribution < -0.4 is 5.32 Å². The molecule has 1 N–H and O–H groups in total. The van der Waals surface area contributed by atoms with Crippen molar-refractivity contribution < 1.29 is 9.18 Å².